The Labute approximate surface area is 77.9 Å². The van der Waals surface area contributed by atoms with Gasteiger partial charge >= 0.3 is 0 Å². The molecule has 0 saturated carbocycles. The maximum absolute atomic E-state index is 8.59. The molecule has 0 bridgehead atoms. The molecule has 0 radical (unpaired) electrons. The number of oxime groups is 1. The van der Waals surface area contributed by atoms with Crippen molar-refractivity contribution in [3.8, 4) is 0 Å². The molecule has 0 spiro atoms. The number of nitrogens with zero attached hydrogens (tertiary/aromatic N) is 1. The lowest BCUT2D eigenvalue weighted by Gasteiger charge is -2.04. The predicted octanol–water partition coefficient (Wildman–Crippen LogP) is 2.03. The number of nitrogens with two attached hydrogens (primary N) is 1. The van der Waals surface area contributed by atoms with Gasteiger partial charge in [0.15, 0.2) is 0 Å². The molecule has 3 heteroatoms. The van der Waals surface area contributed by atoms with Gasteiger partial charge in [-0.15, -0.1) is 0 Å². The van der Waals surface area contributed by atoms with Crippen LogP contribution in [0.3, 0.4) is 0 Å². The van der Waals surface area contributed by atoms with Gasteiger partial charge in [0.05, 0.1) is 5.71 Å². The topological polar surface area (TPSA) is 58.6 Å². The van der Waals surface area contributed by atoms with Crippen molar-refractivity contribution < 1.29 is 5.21 Å². The van der Waals surface area contributed by atoms with E-state index in [0.29, 0.717) is 11.4 Å². The van der Waals surface area contributed by atoms with Crippen molar-refractivity contribution in [1.82, 2.24) is 0 Å². The molecule has 0 heterocycles. The van der Waals surface area contributed by atoms with E-state index in [2.05, 4.69) is 12.1 Å². The Morgan fingerprint density at radius 1 is 1.46 bits per heavy atom. The van der Waals surface area contributed by atoms with E-state index in [1.807, 2.05) is 12.1 Å². The molecule has 3 nitrogen and oxygen atoms in total. The van der Waals surface area contributed by atoms with E-state index in [-0.39, 0.29) is 0 Å². The normalized spacial score (nSPS) is 11.7. The van der Waals surface area contributed by atoms with Gasteiger partial charge in [0.2, 0.25) is 0 Å². The summed E-state index contributed by atoms with van der Waals surface area (Å²) in [4.78, 5) is 0. The van der Waals surface area contributed by atoms with Crippen molar-refractivity contribution in [3.05, 3.63) is 29.3 Å². The van der Waals surface area contributed by atoms with E-state index >= 15 is 0 Å². The first kappa shape index (κ1) is 9.58. The standard InChI is InChI=1S/C10H14N2O/c1-3-8-4-9(7(2)12-13)6-10(11)5-8/h4-6,13H,3,11H2,1-2H3/b12-7-. The van der Waals surface area contributed by atoms with E-state index in [1.165, 1.54) is 0 Å². The van der Waals surface area contributed by atoms with Crippen LogP contribution in [0.5, 0.6) is 0 Å². The second kappa shape index (κ2) is 3.94. The number of anilines is 1. The van der Waals surface area contributed by atoms with Gasteiger partial charge in [0, 0.05) is 11.3 Å². The smallest absolute Gasteiger partial charge is 0.0837 e. The Hall–Kier alpha value is -1.51. The molecule has 13 heavy (non-hydrogen) atoms. The van der Waals surface area contributed by atoms with Crippen molar-refractivity contribution in [2.75, 3.05) is 5.73 Å². The van der Waals surface area contributed by atoms with Gasteiger partial charge in [-0.3, -0.25) is 0 Å². The summed E-state index contributed by atoms with van der Waals surface area (Å²) in [6.07, 6.45) is 0.927. The summed E-state index contributed by atoms with van der Waals surface area (Å²) >= 11 is 0. The minimum absolute atomic E-state index is 0.585. The van der Waals surface area contributed by atoms with Crippen molar-refractivity contribution in [2.45, 2.75) is 20.3 Å². The van der Waals surface area contributed by atoms with Crippen molar-refractivity contribution in [1.29, 1.82) is 0 Å². The fourth-order valence-electron chi connectivity index (χ4n) is 1.19. The Morgan fingerprint density at radius 2 is 2.15 bits per heavy atom. The van der Waals surface area contributed by atoms with E-state index in [0.717, 1.165) is 17.5 Å². The molecule has 0 saturated heterocycles. The Balaban J connectivity index is 3.16. The Bertz CT molecular complexity index is 332. The number of nitrogen functional groups attached to an aromatic ring is 1. The third-order valence-electron chi connectivity index (χ3n) is 1.99. The molecule has 0 unspecified atom stereocenters. The molecule has 0 amide bonds. The predicted molar refractivity (Wildman–Crippen MR) is 54.2 cm³/mol. The number of hydrogen-bond donors (Lipinski definition) is 2. The van der Waals surface area contributed by atoms with Crippen molar-refractivity contribution in [2.24, 2.45) is 5.16 Å². The molecule has 0 atom stereocenters. The van der Waals surface area contributed by atoms with Crippen LogP contribution in [0.25, 0.3) is 0 Å². The van der Waals surface area contributed by atoms with Gasteiger partial charge in [-0.2, -0.15) is 0 Å². The molecule has 0 aliphatic heterocycles. The highest BCUT2D eigenvalue weighted by Crippen LogP contribution is 2.13. The van der Waals surface area contributed by atoms with Crippen molar-refractivity contribution >= 4 is 11.4 Å². The van der Waals surface area contributed by atoms with Crippen molar-refractivity contribution in [3.63, 3.8) is 0 Å². The molecule has 3 N–H and O–H groups in total. The molecule has 1 rings (SSSR count). The molecule has 0 aromatic heterocycles. The maximum atomic E-state index is 8.59. The fourth-order valence-corrected chi connectivity index (χ4v) is 1.19. The first-order valence-electron chi connectivity index (χ1n) is 4.25. The van der Waals surface area contributed by atoms with Crippen LogP contribution in [0, 0.1) is 0 Å². The maximum Gasteiger partial charge on any atom is 0.0837 e. The zero-order chi connectivity index (χ0) is 9.84. The van der Waals surface area contributed by atoms with Gasteiger partial charge in [0.1, 0.15) is 0 Å². The first-order valence-corrected chi connectivity index (χ1v) is 4.25. The van der Waals surface area contributed by atoms with E-state index < -0.39 is 0 Å². The number of aryl methyl sites for hydroxylation is 1. The highest BCUT2D eigenvalue weighted by Gasteiger charge is 2.00. The molecule has 0 aliphatic carbocycles. The Morgan fingerprint density at radius 3 is 2.69 bits per heavy atom. The third kappa shape index (κ3) is 2.21. The lowest BCUT2D eigenvalue weighted by molar-refractivity contribution is 0.319. The average Bonchev–Trinajstić information content (AvgIpc) is 2.15. The average molecular weight is 178 g/mol. The molecule has 0 fully saturated rings. The van der Waals surface area contributed by atoms with E-state index in [1.54, 1.807) is 13.0 Å². The van der Waals surface area contributed by atoms with Crippen LogP contribution in [0.1, 0.15) is 25.0 Å². The zero-order valence-electron chi connectivity index (χ0n) is 7.91. The zero-order valence-corrected chi connectivity index (χ0v) is 7.91. The minimum atomic E-state index is 0.585. The molecule has 0 aliphatic rings. The second-order valence-corrected chi connectivity index (χ2v) is 3.00. The Kier molecular flexibility index (Phi) is 2.90. The van der Waals surface area contributed by atoms with E-state index in [9.17, 15) is 0 Å². The van der Waals surface area contributed by atoms with Crippen LogP contribution in [-0.2, 0) is 6.42 Å². The SMILES string of the molecule is CCc1cc(N)cc(/C(C)=N\O)c1. The molecular weight excluding hydrogens is 164 g/mol. The number of hydrogen-bond acceptors (Lipinski definition) is 3. The fraction of sp³-hybridized carbons (Fsp3) is 0.300. The summed E-state index contributed by atoms with van der Waals surface area (Å²) in [5, 5.41) is 11.7. The van der Waals surface area contributed by atoms with Gasteiger partial charge in [0.25, 0.3) is 0 Å². The minimum Gasteiger partial charge on any atom is -0.411 e. The number of benzene rings is 1. The lowest BCUT2D eigenvalue weighted by atomic mass is 10.0. The van der Waals surface area contributed by atoms with Crippen LogP contribution in [0.15, 0.2) is 23.4 Å². The third-order valence-corrected chi connectivity index (χ3v) is 1.99. The van der Waals surface area contributed by atoms with Gasteiger partial charge in [-0.25, -0.2) is 0 Å². The van der Waals surface area contributed by atoms with E-state index in [4.69, 9.17) is 10.9 Å². The largest absolute Gasteiger partial charge is 0.411 e. The van der Waals surface area contributed by atoms with Gasteiger partial charge in [-0.05, 0) is 37.1 Å². The summed E-state index contributed by atoms with van der Waals surface area (Å²) in [6, 6.07) is 5.70. The number of rotatable bonds is 2. The summed E-state index contributed by atoms with van der Waals surface area (Å²) in [6.45, 7) is 3.80. The summed E-state index contributed by atoms with van der Waals surface area (Å²) < 4.78 is 0. The van der Waals surface area contributed by atoms with Crippen LogP contribution < -0.4 is 5.73 Å². The highest BCUT2D eigenvalue weighted by molar-refractivity contribution is 5.99. The highest BCUT2D eigenvalue weighted by atomic mass is 16.4. The molecular formula is C10H14N2O. The molecule has 1 aromatic rings. The van der Waals surface area contributed by atoms with Gasteiger partial charge < -0.3 is 10.9 Å². The second-order valence-electron chi connectivity index (χ2n) is 3.00. The lowest BCUT2D eigenvalue weighted by Crippen LogP contribution is -1.98. The van der Waals surface area contributed by atoms with Crippen LogP contribution in [0.4, 0.5) is 5.69 Å². The summed E-state index contributed by atoms with van der Waals surface area (Å²) in [7, 11) is 0. The van der Waals surface area contributed by atoms with Gasteiger partial charge in [-0.1, -0.05) is 12.1 Å². The summed E-state index contributed by atoms with van der Waals surface area (Å²) in [5.41, 5.74) is 9.01. The monoisotopic (exact) mass is 178 g/mol. The molecule has 70 valence electrons. The van der Waals surface area contributed by atoms with Crippen LogP contribution in [0.2, 0.25) is 0 Å². The molecule has 1 aromatic carbocycles. The van der Waals surface area contributed by atoms with Crippen LogP contribution >= 0.6 is 0 Å². The first-order chi connectivity index (χ1) is 6.17. The quantitative estimate of drug-likeness (QED) is 0.315. The van der Waals surface area contributed by atoms with Crippen LogP contribution in [-0.4, -0.2) is 10.9 Å². The summed E-state index contributed by atoms with van der Waals surface area (Å²) in [5.74, 6) is 0.